The van der Waals surface area contributed by atoms with Gasteiger partial charge in [-0.1, -0.05) is 26.2 Å². The summed E-state index contributed by atoms with van der Waals surface area (Å²) in [7, 11) is 0. The summed E-state index contributed by atoms with van der Waals surface area (Å²) in [6.07, 6.45) is 4.16. The zero-order valence-electron chi connectivity index (χ0n) is 9.78. The lowest BCUT2D eigenvalue weighted by Gasteiger charge is -2.10. The van der Waals surface area contributed by atoms with Crippen LogP contribution in [-0.4, -0.2) is 29.7 Å². The number of esters is 1. The van der Waals surface area contributed by atoms with Crippen LogP contribution < -0.4 is 5.73 Å². The first-order chi connectivity index (χ1) is 7.57. The molecule has 0 aliphatic heterocycles. The maximum Gasteiger partial charge on any atom is 0.322 e. The van der Waals surface area contributed by atoms with Gasteiger partial charge in [0, 0.05) is 6.42 Å². The molecule has 0 aromatic heterocycles. The van der Waals surface area contributed by atoms with Gasteiger partial charge in [0.25, 0.3) is 0 Å². The molecular formula is C11H21NO4. The molecule has 0 unspecified atom stereocenters. The van der Waals surface area contributed by atoms with Gasteiger partial charge in [-0.05, 0) is 12.8 Å². The molecule has 0 spiro atoms. The van der Waals surface area contributed by atoms with Crippen molar-refractivity contribution in [3.8, 4) is 0 Å². The van der Waals surface area contributed by atoms with E-state index in [-0.39, 0.29) is 12.8 Å². The number of unbranched alkanes of at least 4 members (excludes halogenated alkanes) is 3. The topological polar surface area (TPSA) is 89.6 Å². The van der Waals surface area contributed by atoms with Crippen LogP contribution >= 0.6 is 0 Å². The Kier molecular flexibility index (Phi) is 8.52. The Morgan fingerprint density at radius 3 is 2.56 bits per heavy atom. The monoisotopic (exact) mass is 231 g/mol. The van der Waals surface area contributed by atoms with Crippen molar-refractivity contribution in [1.29, 1.82) is 0 Å². The second kappa shape index (κ2) is 9.15. The molecule has 0 aliphatic carbocycles. The van der Waals surface area contributed by atoms with E-state index in [0.717, 1.165) is 25.7 Å². The fraction of sp³-hybridized carbons (Fsp3) is 0.818. The van der Waals surface area contributed by atoms with Gasteiger partial charge in [0.1, 0.15) is 6.04 Å². The second-order valence-electron chi connectivity index (χ2n) is 3.77. The number of rotatable bonds is 9. The Balaban J connectivity index is 3.51. The van der Waals surface area contributed by atoms with Gasteiger partial charge in [0.2, 0.25) is 0 Å². The van der Waals surface area contributed by atoms with Crippen LogP contribution in [0.2, 0.25) is 0 Å². The van der Waals surface area contributed by atoms with Gasteiger partial charge < -0.3 is 15.6 Å². The molecule has 0 heterocycles. The molecule has 0 aromatic rings. The first-order valence-corrected chi connectivity index (χ1v) is 5.72. The van der Waals surface area contributed by atoms with Crippen molar-refractivity contribution in [2.45, 2.75) is 51.5 Å². The van der Waals surface area contributed by atoms with E-state index in [4.69, 9.17) is 15.6 Å². The van der Waals surface area contributed by atoms with Gasteiger partial charge in [-0.3, -0.25) is 9.59 Å². The van der Waals surface area contributed by atoms with Gasteiger partial charge in [0.15, 0.2) is 0 Å². The van der Waals surface area contributed by atoms with E-state index in [9.17, 15) is 9.59 Å². The summed E-state index contributed by atoms with van der Waals surface area (Å²) in [5, 5.41) is 8.41. The number of carboxylic acids is 1. The normalized spacial score (nSPS) is 12.1. The predicted octanol–water partition coefficient (Wildman–Crippen LogP) is 1.30. The summed E-state index contributed by atoms with van der Waals surface area (Å²) in [5.41, 5.74) is 5.47. The molecule has 94 valence electrons. The first kappa shape index (κ1) is 14.9. The van der Waals surface area contributed by atoms with E-state index in [1.165, 1.54) is 0 Å². The minimum Gasteiger partial charge on any atom is -0.481 e. The van der Waals surface area contributed by atoms with Gasteiger partial charge >= 0.3 is 11.9 Å². The molecule has 5 nitrogen and oxygen atoms in total. The van der Waals surface area contributed by atoms with Crippen LogP contribution in [0.15, 0.2) is 0 Å². The van der Waals surface area contributed by atoms with Crippen molar-refractivity contribution >= 4 is 11.9 Å². The fourth-order valence-electron chi connectivity index (χ4n) is 1.21. The maximum absolute atomic E-state index is 11.2. The highest BCUT2D eigenvalue weighted by atomic mass is 16.5. The van der Waals surface area contributed by atoms with Crippen LogP contribution in [0.1, 0.15) is 45.4 Å². The average molecular weight is 231 g/mol. The Morgan fingerprint density at radius 1 is 1.31 bits per heavy atom. The predicted molar refractivity (Wildman–Crippen MR) is 59.9 cm³/mol. The molecule has 0 saturated heterocycles. The molecule has 0 fully saturated rings. The Bertz CT molecular complexity index is 218. The Labute approximate surface area is 96.0 Å². The van der Waals surface area contributed by atoms with Gasteiger partial charge in [-0.2, -0.15) is 0 Å². The summed E-state index contributed by atoms with van der Waals surface area (Å²) in [6.45, 7) is 2.48. The average Bonchev–Trinajstić information content (AvgIpc) is 2.25. The zero-order chi connectivity index (χ0) is 12.4. The number of ether oxygens (including phenoxy) is 1. The highest BCUT2D eigenvalue weighted by Crippen LogP contribution is 2.01. The van der Waals surface area contributed by atoms with Crippen LogP contribution in [0.3, 0.4) is 0 Å². The van der Waals surface area contributed by atoms with E-state index < -0.39 is 18.0 Å². The van der Waals surface area contributed by atoms with Crippen molar-refractivity contribution in [3.63, 3.8) is 0 Å². The van der Waals surface area contributed by atoms with E-state index in [2.05, 4.69) is 6.92 Å². The Hall–Kier alpha value is -1.10. The summed E-state index contributed by atoms with van der Waals surface area (Å²) in [5.74, 6) is -1.45. The van der Waals surface area contributed by atoms with E-state index >= 15 is 0 Å². The molecule has 16 heavy (non-hydrogen) atoms. The highest BCUT2D eigenvalue weighted by Gasteiger charge is 2.15. The minimum absolute atomic E-state index is 0.105. The summed E-state index contributed by atoms with van der Waals surface area (Å²) >= 11 is 0. The molecule has 0 amide bonds. The largest absolute Gasteiger partial charge is 0.481 e. The molecule has 0 radical (unpaired) electrons. The van der Waals surface area contributed by atoms with Gasteiger partial charge in [-0.15, -0.1) is 0 Å². The summed E-state index contributed by atoms with van der Waals surface area (Å²) in [4.78, 5) is 21.5. The molecule has 0 aromatic carbocycles. The third kappa shape index (κ3) is 8.23. The number of hydrogen-bond acceptors (Lipinski definition) is 4. The van der Waals surface area contributed by atoms with Crippen molar-refractivity contribution in [1.82, 2.24) is 0 Å². The summed E-state index contributed by atoms with van der Waals surface area (Å²) in [6, 6.07) is -0.817. The van der Waals surface area contributed by atoms with E-state index in [1.54, 1.807) is 0 Å². The fourth-order valence-corrected chi connectivity index (χ4v) is 1.21. The molecule has 1 atom stereocenters. The van der Waals surface area contributed by atoms with Crippen LogP contribution in [0, 0.1) is 0 Å². The van der Waals surface area contributed by atoms with Crippen molar-refractivity contribution < 1.29 is 19.4 Å². The van der Waals surface area contributed by atoms with Crippen molar-refractivity contribution in [2.75, 3.05) is 6.61 Å². The third-order valence-electron chi connectivity index (χ3n) is 2.21. The van der Waals surface area contributed by atoms with Crippen LogP contribution in [0.5, 0.6) is 0 Å². The standard InChI is InChI=1S/C11H21NO4/c1-2-3-4-5-8-16-11(15)9(12)6-7-10(13)14/h9H,2-8,12H2,1H3,(H,13,14)/t9-/m0/s1. The molecule has 0 rings (SSSR count). The molecule has 0 bridgehead atoms. The highest BCUT2D eigenvalue weighted by molar-refractivity contribution is 5.76. The lowest BCUT2D eigenvalue weighted by atomic mass is 10.2. The summed E-state index contributed by atoms with van der Waals surface area (Å²) < 4.78 is 4.93. The lowest BCUT2D eigenvalue weighted by molar-refractivity contribution is -0.145. The van der Waals surface area contributed by atoms with E-state index in [0.29, 0.717) is 6.61 Å². The zero-order valence-corrected chi connectivity index (χ0v) is 9.78. The van der Waals surface area contributed by atoms with E-state index in [1.807, 2.05) is 0 Å². The second-order valence-corrected chi connectivity index (χ2v) is 3.77. The number of carboxylic acid groups (broad SMARTS) is 1. The maximum atomic E-state index is 11.2. The SMILES string of the molecule is CCCCCCOC(=O)[C@@H](N)CCC(=O)O. The van der Waals surface area contributed by atoms with Crippen LogP contribution in [0.25, 0.3) is 0 Å². The smallest absolute Gasteiger partial charge is 0.322 e. The van der Waals surface area contributed by atoms with Crippen LogP contribution in [0.4, 0.5) is 0 Å². The minimum atomic E-state index is -0.953. The first-order valence-electron chi connectivity index (χ1n) is 5.72. The van der Waals surface area contributed by atoms with Gasteiger partial charge in [0.05, 0.1) is 6.61 Å². The molecule has 5 heteroatoms. The third-order valence-corrected chi connectivity index (χ3v) is 2.21. The number of nitrogens with two attached hydrogens (primary N) is 1. The molecule has 3 N–H and O–H groups in total. The number of aliphatic carboxylic acids is 1. The van der Waals surface area contributed by atoms with Crippen molar-refractivity contribution in [2.24, 2.45) is 5.73 Å². The number of carbonyl (C=O) groups is 2. The molecule has 0 aliphatic rings. The number of carbonyl (C=O) groups excluding carboxylic acids is 1. The Morgan fingerprint density at radius 2 is 2.00 bits per heavy atom. The number of hydrogen-bond donors (Lipinski definition) is 2. The van der Waals surface area contributed by atoms with Crippen LogP contribution in [-0.2, 0) is 14.3 Å². The van der Waals surface area contributed by atoms with Gasteiger partial charge in [-0.25, -0.2) is 0 Å². The molecular weight excluding hydrogens is 210 g/mol. The quantitative estimate of drug-likeness (QED) is 0.461. The van der Waals surface area contributed by atoms with Crippen molar-refractivity contribution in [3.05, 3.63) is 0 Å². The lowest BCUT2D eigenvalue weighted by Crippen LogP contribution is -2.33. The molecule has 0 saturated carbocycles.